The second-order valence-corrected chi connectivity index (χ2v) is 3.38. The molecule has 2 nitrogen and oxygen atoms in total. The lowest BCUT2D eigenvalue weighted by Gasteiger charge is -2.04. The quantitative estimate of drug-likeness (QED) is 0.644. The van der Waals surface area contributed by atoms with Gasteiger partial charge in [0.25, 0.3) is 0 Å². The Morgan fingerprint density at radius 1 is 0.933 bits per heavy atom. The fourth-order valence-corrected chi connectivity index (χ4v) is 1.74. The van der Waals surface area contributed by atoms with Crippen LogP contribution in [0.2, 0.25) is 0 Å². The van der Waals surface area contributed by atoms with E-state index in [1.54, 1.807) is 12.1 Å². The zero-order valence-electron chi connectivity index (χ0n) is 8.28. The van der Waals surface area contributed by atoms with Crippen LogP contribution in [0.15, 0.2) is 30.3 Å². The maximum Gasteiger partial charge on any atom is 0.0998 e. The molecule has 70 valence electrons. The average molecular weight is 192 g/mol. The lowest BCUT2D eigenvalue weighted by atomic mass is 9.97. The van der Waals surface area contributed by atoms with Crippen LogP contribution in [0.3, 0.4) is 0 Å². The van der Waals surface area contributed by atoms with Gasteiger partial charge in [-0.25, -0.2) is 0 Å². The summed E-state index contributed by atoms with van der Waals surface area (Å²) in [5, 5.41) is 19.7. The van der Waals surface area contributed by atoms with E-state index in [1.807, 2.05) is 25.1 Å². The van der Waals surface area contributed by atoms with E-state index in [1.165, 1.54) is 0 Å². The maximum absolute atomic E-state index is 8.99. The zero-order valence-corrected chi connectivity index (χ0v) is 8.28. The van der Waals surface area contributed by atoms with Crippen LogP contribution in [0.25, 0.3) is 10.8 Å². The number of fused-ring (bicyclic) bond motifs is 1. The maximum atomic E-state index is 8.99. The minimum atomic E-state index is 0.563. The third-order valence-electron chi connectivity index (χ3n) is 2.50. The van der Waals surface area contributed by atoms with E-state index in [9.17, 15) is 0 Å². The van der Waals surface area contributed by atoms with Crippen LogP contribution in [-0.2, 0) is 0 Å². The van der Waals surface area contributed by atoms with Gasteiger partial charge in [-0.3, -0.25) is 0 Å². The van der Waals surface area contributed by atoms with Gasteiger partial charge in [0.05, 0.1) is 23.3 Å². The molecule has 0 aliphatic heterocycles. The summed E-state index contributed by atoms with van der Waals surface area (Å²) in [4.78, 5) is 0. The Balaban J connectivity index is 3.04. The van der Waals surface area contributed by atoms with Crippen molar-refractivity contribution in [3.05, 3.63) is 47.0 Å². The number of hydrogen-bond acceptors (Lipinski definition) is 2. The zero-order chi connectivity index (χ0) is 10.8. The average Bonchev–Trinajstić information content (AvgIpc) is 2.29. The smallest absolute Gasteiger partial charge is 0.0998 e. The highest BCUT2D eigenvalue weighted by Crippen LogP contribution is 2.25. The molecule has 0 aromatic heterocycles. The molecule has 0 unspecified atom stereocenters. The fourth-order valence-electron chi connectivity index (χ4n) is 1.74. The molecule has 0 amide bonds. The first kappa shape index (κ1) is 9.24. The predicted molar refractivity (Wildman–Crippen MR) is 58.1 cm³/mol. The van der Waals surface area contributed by atoms with Crippen LogP contribution in [0.1, 0.15) is 16.7 Å². The first-order valence-corrected chi connectivity index (χ1v) is 4.60. The Labute approximate surface area is 88.0 Å². The predicted octanol–water partition coefficient (Wildman–Crippen LogP) is 2.89. The van der Waals surface area contributed by atoms with E-state index in [4.69, 9.17) is 10.5 Å². The highest BCUT2D eigenvalue weighted by molar-refractivity contribution is 5.94. The summed E-state index contributed by atoms with van der Waals surface area (Å²) in [6.45, 7) is 1.98. The Hall–Kier alpha value is -2.32. The van der Waals surface area contributed by atoms with Crippen molar-refractivity contribution >= 4 is 10.8 Å². The molecule has 0 saturated carbocycles. The number of benzene rings is 2. The van der Waals surface area contributed by atoms with Gasteiger partial charge in [0.1, 0.15) is 0 Å². The number of aryl methyl sites for hydroxylation is 1. The second kappa shape index (κ2) is 3.44. The van der Waals surface area contributed by atoms with Gasteiger partial charge in [0, 0.05) is 5.39 Å². The normalized spacial score (nSPS) is 9.53. The molecule has 0 radical (unpaired) electrons. The molecule has 2 rings (SSSR count). The van der Waals surface area contributed by atoms with Crippen molar-refractivity contribution < 1.29 is 0 Å². The molecular formula is C13H8N2. The summed E-state index contributed by atoms with van der Waals surface area (Å²) in [5.74, 6) is 0. The van der Waals surface area contributed by atoms with Crippen molar-refractivity contribution in [2.75, 3.05) is 0 Å². The lowest BCUT2D eigenvalue weighted by molar-refractivity contribution is 1.46. The van der Waals surface area contributed by atoms with Crippen LogP contribution in [0.4, 0.5) is 0 Å². The molecule has 0 atom stereocenters. The van der Waals surface area contributed by atoms with E-state index in [-0.39, 0.29) is 0 Å². The molecule has 0 spiro atoms. The molecule has 15 heavy (non-hydrogen) atoms. The van der Waals surface area contributed by atoms with Crippen molar-refractivity contribution in [2.45, 2.75) is 6.92 Å². The number of hydrogen-bond donors (Lipinski definition) is 0. The second-order valence-electron chi connectivity index (χ2n) is 3.38. The van der Waals surface area contributed by atoms with Gasteiger partial charge in [-0.2, -0.15) is 10.5 Å². The lowest BCUT2D eigenvalue weighted by Crippen LogP contribution is -1.87. The molecular weight excluding hydrogens is 184 g/mol. The van der Waals surface area contributed by atoms with Crippen molar-refractivity contribution in [1.29, 1.82) is 10.5 Å². The molecule has 2 aromatic carbocycles. The van der Waals surface area contributed by atoms with E-state index in [0.717, 1.165) is 16.3 Å². The van der Waals surface area contributed by atoms with Gasteiger partial charge in [-0.05, 0) is 30.0 Å². The third kappa shape index (κ3) is 1.33. The van der Waals surface area contributed by atoms with Gasteiger partial charge in [-0.15, -0.1) is 0 Å². The van der Waals surface area contributed by atoms with Crippen molar-refractivity contribution in [3.63, 3.8) is 0 Å². The summed E-state index contributed by atoms with van der Waals surface area (Å²) in [5.41, 5.74) is 2.21. The van der Waals surface area contributed by atoms with Gasteiger partial charge in [-0.1, -0.05) is 18.2 Å². The third-order valence-corrected chi connectivity index (χ3v) is 2.50. The molecule has 0 N–H and O–H groups in total. The van der Waals surface area contributed by atoms with Crippen molar-refractivity contribution in [3.8, 4) is 12.1 Å². The molecule has 2 heteroatoms. The first-order chi connectivity index (χ1) is 7.27. The Morgan fingerprint density at radius 2 is 1.60 bits per heavy atom. The first-order valence-electron chi connectivity index (χ1n) is 4.60. The van der Waals surface area contributed by atoms with Crippen molar-refractivity contribution in [1.82, 2.24) is 0 Å². The Kier molecular flexibility index (Phi) is 2.12. The van der Waals surface area contributed by atoms with E-state index in [0.29, 0.717) is 11.1 Å². The molecule has 2 aromatic rings. The summed E-state index contributed by atoms with van der Waals surface area (Å²) >= 11 is 0. The molecule has 0 saturated heterocycles. The number of nitrogens with zero attached hydrogens (tertiary/aromatic N) is 2. The van der Waals surface area contributed by atoms with Gasteiger partial charge in [0.15, 0.2) is 0 Å². The van der Waals surface area contributed by atoms with Crippen LogP contribution in [-0.4, -0.2) is 0 Å². The monoisotopic (exact) mass is 192 g/mol. The summed E-state index contributed by atoms with van der Waals surface area (Å²) in [6.07, 6.45) is 0. The summed E-state index contributed by atoms with van der Waals surface area (Å²) in [7, 11) is 0. The fraction of sp³-hybridized carbons (Fsp3) is 0.0769. The molecule has 0 heterocycles. The molecule has 0 aliphatic rings. The molecule has 0 bridgehead atoms. The standard InChI is InChI=1S/C13H8N2/c1-9-5-6-11(8-15)13-10(7-14)3-2-4-12(9)13/h2-6H,1H3. The van der Waals surface area contributed by atoms with Crippen LogP contribution in [0.5, 0.6) is 0 Å². The van der Waals surface area contributed by atoms with E-state index >= 15 is 0 Å². The highest BCUT2D eigenvalue weighted by atomic mass is 14.3. The van der Waals surface area contributed by atoms with Crippen molar-refractivity contribution in [2.24, 2.45) is 0 Å². The summed E-state index contributed by atoms with van der Waals surface area (Å²) < 4.78 is 0. The molecule has 0 aliphatic carbocycles. The largest absolute Gasteiger partial charge is 0.192 e. The SMILES string of the molecule is Cc1ccc(C#N)c2c(C#N)cccc12. The highest BCUT2D eigenvalue weighted by Gasteiger charge is 2.07. The van der Waals surface area contributed by atoms with E-state index < -0.39 is 0 Å². The van der Waals surface area contributed by atoms with Gasteiger partial charge in [0.2, 0.25) is 0 Å². The molecule has 0 fully saturated rings. The number of rotatable bonds is 0. The Bertz CT molecular complexity index is 592. The van der Waals surface area contributed by atoms with Crippen LogP contribution in [0, 0.1) is 29.6 Å². The van der Waals surface area contributed by atoms with Gasteiger partial charge >= 0.3 is 0 Å². The van der Waals surface area contributed by atoms with Crippen LogP contribution >= 0.6 is 0 Å². The van der Waals surface area contributed by atoms with Crippen LogP contribution < -0.4 is 0 Å². The van der Waals surface area contributed by atoms with E-state index in [2.05, 4.69) is 12.1 Å². The van der Waals surface area contributed by atoms with Gasteiger partial charge < -0.3 is 0 Å². The Morgan fingerprint density at radius 3 is 2.27 bits per heavy atom. The number of nitriles is 2. The topological polar surface area (TPSA) is 47.6 Å². The minimum Gasteiger partial charge on any atom is -0.192 e. The summed E-state index contributed by atoms with van der Waals surface area (Å²) in [6, 6.07) is 13.4. The minimum absolute atomic E-state index is 0.563.